The molecule has 0 spiro atoms. The van der Waals surface area contributed by atoms with E-state index in [0.29, 0.717) is 15.6 Å². The molecule has 0 aromatic heterocycles. The fourth-order valence-electron chi connectivity index (χ4n) is 0.829. The van der Waals surface area contributed by atoms with Crippen LogP contribution in [-0.4, -0.2) is 0 Å². The summed E-state index contributed by atoms with van der Waals surface area (Å²) in [6.07, 6.45) is 0. The Morgan fingerprint density at radius 3 is 2.08 bits per heavy atom. The Kier molecular flexibility index (Phi) is 5.12. The zero-order valence-corrected chi connectivity index (χ0v) is 8.83. The van der Waals surface area contributed by atoms with Crippen molar-refractivity contribution in [2.45, 2.75) is 6.04 Å². The normalized spacial score (nSPS) is 11.2. The first-order valence-corrected chi connectivity index (χ1v) is 4.00. The van der Waals surface area contributed by atoms with Gasteiger partial charge in [0.2, 0.25) is 0 Å². The van der Waals surface area contributed by atoms with Crippen molar-refractivity contribution >= 4 is 35.6 Å². The van der Waals surface area contributed by atoms with Crippen LogP contribution in [0.4, 0.5) is 0 Å². The third-order valence-electron chi connectivity index (χ3n) is 1.38. The Bertz CT molecular complexity index is 312. The number of nitriles is 1. The number of nitrogens with zero attached hydrogens (tertiary/aromatic N) is 1. The minimum absolute atomic E-state index is 0. The number of halogens is 3. The number of hydrogen-bond donors (Lipinski definition) is 1. The van der Waals surface area contributed by atoms with E-state index < -0.39 is 6.04 Å². The third-order valence-corrected chi connectivity index (χ3v) is 1.82. The molecule has 2 nitrogen and oxygen atoms in total. The van der Waals surface area contributed by atoms with Gasteiger partial charge in [0.25, 0.3) is 0 Å². The highest BCUT2D eigenvalue weighted by Gasteiger charge is 2.05. The first-order chi connectivity index (χ1) is 5.63. The molecule has 0 saturated heterocycles. The van der Waals surface area contributed by atoms with Crippen LogP contribution in [0, 0.1) is 11.3 Å². The number of rotatable bonds is 1. The van der Waals surface area contributed by atoms with Gasteiger partial charge in [-0.1, -0.05) is 23.2 Å². The average Bonchev–Trinajstić information content (AvgIpc) is 2.01. The molecular formula is C8H7Cl3N2. The monoisotopic (exact) mass is 236 g/mol. The minimum Gasteiger partial charge on any atom is -0.312 e. The summed E-state index contributed by atoms with van der Waals surface area (Å²) in [6, 6.07) is 6.08. The van der Waals surface area contributed by atoms with Gasteiger partial charge in [0.15, 0.2) is 0 Å². The zero-order valence-electron chi connectivity index (χ0n) is 6.50. The van der Waals surface area contributed by atoms with Crippen LogP contribution < -0.4 is 5.73 Å². The third kappa shape index (κ3) is 3.41. The van der Waals surface area contributed by atoms with E-state index in [9.17, 15) is 0 Å². The van der Waals surface area contributed by atoms with Crippen LogP contribution in [0.25, 0.3) is 0 Å². The lowest BCUT2D eigenvalue weighted by Gasteiger charge is -2.03. The summed E-state index contributed by atoms with van der Waals surface area (Å²) >= 11 is 11.4. The van der Waals surface area contributed by atoms with Crippen LogP contribution in [0.2, 0.25) is 10.0 Å². The summed E-state index contributed by atoms with van der Waals surface area (Å²) in [4.78, 5) is 0. The van der Waals surface area contributed by atoms with Crippen molar-refractivity contribution in [3.63, 3.8) is 0 Å². The second-order valence-corrected chi connectivity index (χ2v) is 3.18. The van der Waals surface area contributed by atoms with Crippen LogP contribution in [-0.2, 0) is 0 Å². The summed E-state index contributed by atoms with van der Waals surface area (Å²) in [5, 5.41) is 9.49. The molecule has 1 atom stereocenters. The molecule has 0 aliphatic rings. The van der Waals surface area contributed by atoms with E-state index in [0.717, 1.165) is 0 Å². The van der Waals surface area contributed by atoms with E-state index in [1.807, 2.05) is 6.07 Å². The van der Waals surface area contributed by atoms with E-state index in [-0.39, 0.29) is 12.4 Å². The average molecular weight is 238 g/mol. The SMILES string of the molecule is Cl.N#CC(N)c1cc(Cl)cc(Cl)c1. The van der Waals surface area contributed by atoms with Crippen molar-refractivity contribution in [2.24, 2.45) is 5.73 Å². The summed E-state index contributed by atoms with van der Waals surface area (Å²) in [5.74, 6) is 0. The lowest BCUT2D eigenvalue weighted by atomic mass is 10.1. The Morgan fingerprint density at radius 1 is 1.23 bits per heavy atom. The molecule has 0 heterocycles. The Morgan fingerprint density at radius 2 is 1.69 bits per heavy atom. The highest BCUT2D eigenvalue weighted by molar-refractivity contribution is 6.34. The molecule has 1 aromatic rings. The Hall–Kier alpha value is -0.460. The summed E-state index contributed by atoms with van der Waals surface area (Å²) < 4.78 is 0. The highest BCUT2D eigenvalue weighted by Crippen LogP contribution is 2.21. The number of benzene rings is 1. The largest absolute Gasteiger partial charge is 0.312 e. The van der Waals surface area contributed by atoms with Gasteiger partial charge in [-0.05, 0) is 23.8 Å². The molecule has 2 N–H and O–H groups in total. The molecule has 13 heavy (non-hydrogen) atoms. The molecule has 1 unspecified atom stereocenters. The second kappa shape index (κ2) is 5.31. The second-order valence-electron chi connectivity index (χ2n) is 2.31. The molecule has 1 aromatic carbocycles. The van der Waals surface area contributed by atoms with Gasteiger partial charge in [0.1, 0.15) is 6.04 Å². The topological polar surface area (TPSA) is 49.8 Å². The standard InChI is InChI=1S/C8H6Cl2N2.ClH/c9-6-1-5(8(12)4-11)2-7(10)3-6;/h1-3,8H,12H2;1H. The van der Waals surface area contributed by atoms with Crippen molar-refractivity contribution < 1.29 is 0 Å². The van der Waals surface area contributed by atoms with Crippen LogP contribution in [0.5, 0.6) is 0 Å². The van der Waals surface area contributed by atoms with Gasteiger partial charge in [-0.15, -0.1) is 12.4 Å². The highest BCUT2D eigenvalue weighted by atomic mass is 35.5. The van der Waals surface area contributed by atoms with E-state index in [1.165, 1.54) is 0 Å². The molecule has 0 aliphatic carbocycles. The molecule has 0 saturated carbocycles. The molecule has 0 fully saturated rings. The maximum absolute atomic E-state index is 8.51. The van der Waals surface area contributed by atoms with Gasteiger partial charge < -0.3 is 5.73 Å². The zero-order chi connectivity index (χ0) is 9.14. The van der Waals surface area contributed by atoms with E-state index in [1.54, 1.807) is 18.2 Å². The van der Waals surface area contributed by atoms with Gasteiger partial charge in [-0.3, -0.25) is 0 Å². The predicted octanol–water partition coefficient (Wildman–Crippen LogP) is 2.94. The molecule has 70 valence electrons. The molecular weight excluding hydrogens is 230 g/mol. The van der Waals surface area contributed by atoms with E-state index >= 15 is 0 Å². The predicted molar refractivity (Wildman–Crippen MR) is 56.3 cm³/mol. The van der Waals surface area contributed by atoms with Crippen LogP contribution in [0.3, 0.4) is 0 Å². The van der Waals surface area contributed by atoms with Gasteiger partial charge in [-0.2, -0.15) is 5.26 Å². The molecule has 0 radical (unpaired) electrons. The van der Waals surface area contributed by atoms with Gasteiger partial charge in [0, 0.05) is 10.0 Å². The van der Waals surface area contributed by atoms with Crippen molar-refractivity contribution in [1.82, 2.24) is 0 Å². The van der Waals surface area contributed by atoms with E-state index in [4.69, 9.17) is 34.2 Å². The minimum atomic E-state index is -0.666. The summed E-state index contributed by atoms with van der Waals surface area (Å²) in [6.45, 7) is 0. The van der Waals surface area contributed by atoms with Crippen LogP contribution in [0.1, 0.15) is 11.6 Å². The first-order valence-electron chi connectivity index (χ1n) is 3.24. The Balaban J connectivity index is 0.00000144. The lowest BCUT2D eigenvalue weighted by molar-refractivity contribution is 0.926. The molecule has 0 amide bonds. The maximum Gasteiger partial charge on any atom is 0.118 e. The smallest absolute Gasteiger partial charge is 0.118 e. The van der Waals surface area contributed by atoms with Crippen molar-refractivity contribution in [3.8, 4) is 6.07 Å². The van der Waals surface area contributed by atoms with Crippen LogP contribution >= 0.6 is 35.6 Å². The summed E-state index contributed by atoms with van der Waals surface area (Å²) in [7, 11) is 0. The summed E-state index contributed by atoms with van der Waals surface area (Å²) in [5.41, 5.74) is 6.09. The lowest BCUT2D eigenvalue weighted by Crippen LogP contribution is -2.06. The molecule has 5 heteroatoms. The fourth-order valence-corrected chi connectivity index (χ4v) is 1.37. The van der Waals surface area contributed by atoms with Gasteiger partial charge >= 0.3 is 0 Å². The van der Waals surface area contributed by atoms with Gasteiger partial charge in [-0.25, -0.2) is 0 Å². The fraction of sp³-hybridized carbons (Fsp3) is 0.125. The molecule has 0 bridgehead atoms. The first kappa shape index (κ1) is 12.5. The van der Waals surface area contributed by atoms with E-state index in [2.05, 4.69) is 0 Å². The quantitative estimate of drug-likeness (QED) is 0.816. The number of nitrogens with two attached hydrogens (primary N) is 1. The van der Waals surface area contributed by atoms with Crippen molar-refractivity contribution in [1.29, 1.82) is 5.26 Å². The van der Waals surface area contributed by atoms with Gasteiger partial charge in [0.05, 0.1) is 6.07 Å². The molecule has 0 aliphatic heterocycles. The van der Waals surface area contributed by atoms with Crippen molar-refractivity contribution in [3.05, 3.63) is 33.8 Å². The van der Waals surface area contributed by atoms with Crippen molar-refractivity contribution in [2.75, 3.05) is 0 Å². The number of hydrogen-bond acceptors (Lipinski definition) is 2. The Labute approximate surface area is 92.7 Å². The maximum atomic E-state index is 8.51. The molecule has 1 rings (SSSR count). The van der Waals surface area contributed by atoms with Crippen LogP contribution in [0.15, 0.2) is 18.2 Å².